The van der Waals surface area contributed by atoms with Gasteiger partial charge < -0.3 is 9.84 Å². The highest BCUT2D eigenvalue weighted by atomic mass is 16.5. The maximum Gasteiger partial charge on any atom is 0.308 e. The van der Waals surface area contributed by atoms with Crippen LogP contribution in [0.2, 0.25) is 0 Å². The van der Waals surface area contributed by atoms with E-state index in [1.165, 1.54) is 129 Å². The standard InChI is InChI=1S/C37H68O4/c1-3-4-5-6-7-8-9-10-14-17-20-23-26-29-32-35(37(40)41-2)33-30-27-24-21-18-15-12-11-13-16-19-22-25-28-31-34-36(38)39/h10-11,13-14,35H,3-9,12,15-34H2,1-2H3,(H,38,39)/b13-11-,14-10-. The molecule has 0 radical (unpaired) electrons. The minimum absolute atomic E-state index is 0.00685. The van der Waals surface area contributed by atoms with Gasteiger partial charge in [0.1, 0.15) is 0 Å². The average Bonchev–Trinajstić information content (AvgIpc) is 2.97. The predicted molar refractivity (Wildman–Crippen MR) is 176 cm³/mol. The number of esters is 1. The van der Waals surface area contributed by atoms with Crippen molar-refractivity contribution in [1.82, 2.24) is 0 Å². The van der Waals surface area contributed by atoms with Crippen LogP contribution in [-0.4, -0.2) is 24.2 Å². The molecule has 0 aromatic rings. The molecule has 0 amide bonds. The molecular formula is C37H68O4. The molecule has 0 saturated heterocycles. The van der Waals surface area contributed by atoms with Crippen LogP contribution in [0.3, 0.4) is 0 Å². The molecule has 0 aliphatic rings. The third-order valence-electron chi connectivity index (χ3n) is 8.20. The molecule has 0 bridgehead atoms. The van der Waals surface area contributed by atoms with Crippen molar-refractivity contribution in [3.8, 4) is 0 Å². The van der Waals surface area contributed by atoms with E-state index in [0.717, 1.165) is 51.4 Å². The Morgan fingerprint density at radius 1 is 0.537 bits per heavy atom. The van der Waals surface area contributed by atoms with Crippen molar-refractivity contribution >= 4 is 11.9 Å². The van der Waals surface area contributed by atoms with E-state index in [2.05, 4.69) is 31.2 Å². The quantitative estimate of drug-likeness (QED) is 0.0491. The summed E-state index contributed by atoms with van der Waals surface area (Å²) in [6.07, 6.45) is 42.5. The second-order valence-electron chi connectivity index (χ2n) is 12.1. The molecule has 0 aliphatic carbocycles. The zero-order valence-corrected chi connectivity index (χ0v) is 27.4. The lowest BCUT2D eigenvalue weighted by Gasteiger charge is -2.14. The number of carboxylic acids is 1. The molecule has 0 spiro atoms. The summed E-state index contributed by atoms with van der Waals surface area (Å²) < 4.78 is 5.10. The van der Waals surface area contributed by atoms with E-state index in [-0.39, 0.29) is 11.9 Å². The Balaban J connectivity index is 3.59. The highest BCUT2D eigenvalue weighted by molar-refractivity contribution is 5.72. The number of hydrogen-bond acceptors (Lipinski definition) is 3. The van der Waals surface area contributed by atoms with Gasteiger partial charge in [0, 0.05) is 6.42 Å². The molecule has 1 atom stereocenters. The molecule has 0 aromatic heterocycles. The summed E-state index contributed by atoms with van der Waals surface area (Å²) >= 11 is 0. The summed E-state index contributed by atoms with van der Waals surface area (Å²) in [5.74, 6) is -0.594. The minimum Gasteiger partial charge on any atom is -0.481 e. The molecule has 1 unspecified atom stereocenters. The molecule has 0 fully saturated rings. The highest BCUT2D eigenvalue weighted by Crippen LogP contribution is 2.21. The minimum atomic E-state index is -0.677. The van der Waals surface area contributed by atoms with Crippen molar-refractivity contribution in [3.63, 3.8) is 0 Å². The Hall–Kier alpha value is -1.58. The van der Waals surface area contributed by atoms with Gasteiger partial charge in [-0.25, -0.2) is 0 Å². The topological polar surface area (TPSA) is 63.6 Å². The number of allylic oxidation sites excluding steroid dienone is 4. The number of methoxy groups -OCH3 is 1. The van der Waals surface area contributed by atoms with Crippen molar-refractivity contribution < 1.29 is 19.4 Å². The zero-order valence-electron chi connectivity index (χ0n) is 27.4. The van der Waals surface area contributed by atoms with Gasteiger partial charge in [0.15, 0.2) is 0 Å². The van der Waals surface area contributed by atoms with Crippen molar-refractivity contribution in [2.75, 3.05) is 7.11 Å². The van der Waals surface area contributed by atoms with E-state index in [0.29, 0.717) is 6.42 Å². The fourth-order valence-corrected chi connectivity index (χ4v) is 5.50. The second kappa shape index (κ2) is 32.9. The van der Waals surface area contributed by atoms with Crippen LogP contribution in [0.1, 0.15) is 187 Å². The molecule has 0 aromatic carbocycles. The van der Waals surface area contributed by atoms with Gasteiger partial charge in [-0.05, 0) is 70.6 Å². The molecule has 0 aliphatic heterocycles. The van der Waals surface area contributed by atoms with Crippen molar-refractivity contribution in [3.05, 3.63) is 24.3 Å². The Labute approximate surface area is 255 Å². The van der Waals surface area contributed by atoms with Gasteiger partial charge in [0.05, 0.1) is 13.0 Å². The molecular weight excluding hydrogens is 508 g/mol. The summed E-state index contributed by atoms with van der Waals surface area (Å²) in [7, 11) is 1.53. The Kier molecular flexibility index (Phi) is 31.7. The van der Waals surface area contributed by atoms with E-state index in [1.54, 1.807) is 0 Å². The summed E-state index contributed by atoms with van der Waals surface area (Å²) in [6, 6.07) is 0. The van der Waals surface area contributed by atoms with Crippen molar-refractivity contribution in [1.29, 1.82) is 0 Å². The van der Waals surface area contributed by atoms with Crippen molar-refractivity contribution in [2.45, 2.75) is 187 Å². The van der Waals surface area contributed by atoms with Crippen LogP contribution in [0.5, 0.6) is 0 Å². The molecule has 240 valence electrons. The third kappa shape index (κ3) is 31.2. The summed E-state index contributed by atoms with van der Waals surface area (Å²) in [6.45, 7) is 2.27. The van der Waals surface area contributed by atoms with Crippen LogP contribution in [0.25, 0.3) is 0 Å². The van der Waals surface area contributed by atoms with Gasteiger partial charge >= 0.3 is 11.9 Å². The Bertz CT molecular complexity index is 624. The lowest BCUT2D eigenvalue weighted by Crippen LogP contribution is -2.16. The van der Waals surface area contributed by atoms with Crippen LogP contribution in [0, 0.1) is 5.92 Å². The van der Waals surface area contributed by atoms with Gasteiger partial charge in [-0.3, -0.25) is 9.59 Å². The van der Waals surface area contributed by atoms with Crippen molar-refractivity contribution in [2.24, 2.45) is 5.92 Å². The number of carboxylic acid groups (broad SMARTS) is 1. The molecule has 1 N–H and O–H groups in total. The first-order valence-electron chi connectivity index (χ1n) is 17.7. The highest BCUT2D eigenvalue weighted by Gasteiger charge is 2.18. The molecule has 4 heteroatoms. The summed E-state index contributed by atoms with van der Waals surface area (Å²) in [4.78, 5) is 22.7. The first-order valence-corrected chi connectivity index (χ1v) is 17.7. The first kappa shape index (κ1) is 39.4. The van der Waals surface area contributed by atoms with Crippen LogP contribution in [-0.2, 0) is 14.3 Å². The summed E-state index contributed by atoms with van der Waals surface area (Å²) in [5.41, 5.74) is 0. The van der Waals surface area contributed by atoms with E-state index >= 15 is 0 Å². The lowest BCUT2D eigenvalue weighted by atomic mass is 9.94. The molecule has 41 heavy (non-hydrogen) atoms. The molecule has 0 heterocycles. The van der Waals surface area contributed by atoms with Gasteiger partial charge in [0.2, 0.25) is 0 Å². The van der Waals surface area contributed by atoms with Gasteiger partial charge in [0.25, 0.3) is 0 Å². The number of carbonyl (C=O) groups excluding carboxylic acids is 1. The number of carbonyl (C=O) groups is 2. The maximum atomic E-state index is 12.2. The van der Waals surface area contributed by atoms with Crippen LogP contribution >= 0.6 is 0 Å². The second-order valence-corrected chi connectivity index (χ2v) is 12.1. The van der Waals surface area contributed by atoms with E-state index in [9.17, 15) is 9.59 Å². The van der Waals surface area contributed by atoms with E-state index in [4.69, 9.17) is 9.84 Å². The van der Waals surface area contributed by atoms with Gasteiger partial charge in [-0.15, -0.1) is 0 Å². The van der Waals surface area contributed by atoms with Gasteiger partial charge in [-0.1, -0.05) is 134 Å². The molecule has 4 nitrogen and oxygen atoms in total. The third-order valence-corrected chi connectivity index (χ3v) is 8.20. The number of ether oxygens (including phenoxy) is 1. The van der Waals surface area contributed by atoms with E-state index in [1.807, 2.05) is 0 Å². The predicted octanol–water partition coefficient (Wildman–Crippen LogP) is 11.9. The Morgan fingerprint density at radius 3 is 1.24 bits per heavy atom. The van der Waals surface area contributed by atoms with Gasteiger partial charge in [-0.2, -0.15) is 0 Å². The monoisotopic (exact) mass is 577 g/mol. The number of aliphatic carboxylic acids is 1. The number of rotatable bonds is 32. The summed E-state index contributed by atoms with van der Waals surface area (Å²) in [5, 5.41) is 8.64. The van der Waals surface area contributed by atoms with Crippen LogP contribution in [0.4, 0.5) is 0 Å². The first-order chi connectivity index (χ1) is 20.1. The fraction of sp³-hybridized carbons (Fsp3) is 0.838. The smallest absolute Gasteiger partial charge is 0.308 e. The fourth-order valence-electron chi connectivity index (χ4n) is 5.50. The number of hydrogen-bond donors (Lipinski definition) is 1. The van der Waals surface area contributed by atoms with Crippen LogP contribution in [0.15, 0.2) is 24.3 Å². The lowest BCUT2D eigenvalue weighted by molar-refractivity contribution is -0.146. The maximum absolute atomic E-state index is 12.2. The largest absolute Gasteiger partial charge is 0.481 e. The number of unbranched alkanes of at least 4 members (excludes halogenated alkanes) is 21. The SMILES string of the molecule is CCCCCCCC/C=C\CCCCCCC(CCCCCCCC/C=C\CCCCCCCC(=O)O)C(=O)OC. The average molecular weight is 577 g/mol. The van der Waals surface area contributed by atoms with Crippen LogP contribution < -0.4 is 0 Å². The normalized spacial score (nSPS) is 12.4. The molecule has 0 saturated carbocycles. The Morgan fingerprint density at radius 2 is 0.878 bits per heavy atom. The van der Waals surface area contributed by atoms with E-state index < -0.39 is 5.97 Å². The molecule has 0 rings (SSSR count). The zero-order chi connectivity index (χ0) is 30.1.